The Balaban J connectivity index is 1.88. The molecule has 2 unspecified atom stereocenters. The molecule has 1 aromatic heterocycles. The number of aliphatic hydroxyl groups excluding tert-OH is 1. The van der Waals surface area contributed by atoms with Gasteiger partial charge in [0.15, 0.2) is 0 Å². The van der Waals surface area contributed by atoms with Crippen LogP contribution in [0.5, 0.6) is 17.2 Å². The number of aliphatic hydroxyl groups is 1. The third-order valence-corrected chi connectivity index (χ3v) is 5.52. The molecule has 0 bridgehead atoms. The van der Waals surface area contributed by atoms with Gasteiger partial charge in [0.1, 0.15) is 27.2 Å². The molecule has 0 aliphatic heterocycles. The van der Waals surface area contributed by atoms with Gasteiger partial charge in [-0.25, -0.2) is 13.7 Å². The van der Waals surface area contributed by atoms with E-state index < -0.39 is 16.0 Å². The van der Waals surface area contributed by atoms with E-state index in [9.17, 15) is 4.21 Å². The second-order valence-electron chi connectivity index (χ2n) is 5.97. The number of hydrogen-bond donors (Lipinski definition) is 2. The molecule has 0 radical (unpaired) electrons. The van der Waals surface area contributed by atoms with Gasteiger partial charge in [0.05, 0.1) is 30.2 Å². The molecule has 0 saturated heterocycles. The number of fused-ring (bicyclic) bond motifs is 1. The van der Waals surface area contributed by atoms with Crippen molar-refractivity contribution in [3.63, 3.8) is 0 Å². The summed E-state index contributed by atoms with van der Waals surface area (Å²) in [5.74, 6) is 1.92. The van der Waals surface area contributed by atoms with Crippen LogP contribution in [0.4, 0.5) is 0 Å². The standard InChI is InChI=1S/C19H21N3O4S/c1-13(12-23)22-27(20,24)16-6-3-14(4-7-16)26-19-9-10-21-18-11-15(25-2)5-8-17(18)19/h3-11,13,23H,12H2,1-2H3,(H2,20,22,24). The molecule has 1 heterocycles. The molecule has 0 aliphatic carbocycles. The van der Waals surface area contributed by atoms with Gasteiger partial charge < -0.3 is 14.6 Å². The van der Waals surface area contributed by atoms with Crippen LogP contribution >= 0.6 is 0 Å². The van der Waals surface area contributed by atoms with E-state index in [4.69, 9.17) is 19.7 Å². The van der Waals surface area contributed by atoms with Crippen molar-refractivity contribution in [2.45, 2.75) is 17.9 Å². The number of nitrogens with zero attached hydrogens (tertiary/aromatic N) is 2. The molecule has 8 heteroatoms. The zero-order chi connectivity index (χ0) is 19.4. The zero-order valence-corrected chi connectivity index (χ0v) is 15.8. The lowest BCUT2D eigenvalue weighted by Crippen LogP contribution is -2.17. The fourth-order valence-electron chi connectivity index (χ4n) is 2.51. The van der Waals surface area contributed by atoms with Gasteiger partial charge in [-0.05, 0) is 49.4 Å². The molecule has 27 heavy (non-hydrogen) atoms. The summed E-state index contributed by atoms with van der Waals surface area (Å²) in [6.07, 6.45) is 1.66. The minimum Gasteiger partial charge on any atom is -0.497 e. The first-order valence-corrected chi connectivity index (χ1v) is 9.86. The second-order valence-corrected chi connectivity index (χ2v) is 7.79. The molecule has 7 nitrogen and oxygen atoms in total. The van der Waals surface area contributed by atoms with Gasteiger partial charge in [-0.1, -0.05) is 0 Å². The highest BCUT2D eigenvalue weighted by Gasteiger charge is 2.10. The van der Waals surface area contributed by atoms with Crippen LogP contribution in [0.15, 0.2) is 64.0 Å². The fraction of sp³-hybridized carbons (Fsp3) is 0.211. The van der Waals surface area contributed by atoms with Crippen molar-refractivity contribution in [2.75, 3.05) is 13.7 Å². The number of benzene rings is 2. The van der Waals surface area contributed by atoms with E-state index in [1.54, 1.807) is 50.6 Å². The number of rotatable bonds is 6. The maximum absolute atomic E-state index is 12.5. The van der Waals surface area contributed by atoms with E-state index in [0.717, 1.165) is 16.7 Å². The Kier molecular flexibility index (Phi) is 5.59. The molecule has 3 aromatic rings. The van der Waals surface area contributed by atoms with Gasteiger partial charge in [0, 0.05) is 17.6 Å². The summed E-state index contributed by atoms with van der Waals surface area (Å²) in [6.45, 7) is 1.43. The Morgan fingerprint density at radius 2 is 1.89 bits per heavy atom. The van der Waals surface area contributed by atoms with Crippen LogP contribution in [0.2, 0.25) is 0 Å². The van der Waals surface area contributed by atoms with Crippen molar-refractivity contribution in [2.24, 2.45) is 9.50 Å². The lowest BCUT2D eigenvalue weighted by Gasteiger charge is -2.11. The van der Waals surface area contributed by atoms with Crippen LogP contribution < -0.4 is 14.6 Å². The van der Waals surface area contributed by atoms with Gasteiger partial charge in [-0.3, -0.25) is 4.98 Å². The molecular formula is C19H21N3O4S. The highest BCUT2D eigenvalue weighted by Crippen LogP contribution is 2.31. The number of aromatic nitrogens is 1. The quantitative estimate of drug-likeness (QED) is 0.676. The summed E-state index contributed by atoms with van der Waals surface area (Å²) in [5.41, 5.74) is 0.755. The second kappa shape index (κ2) is 7.91. The Morgan fingerprint density at radius 3 is 2.56 bits per heavy atom. The Bertz CT molecular complexity index is 1060. The van der Waals surface area contributed by atoms with Gasteiger partial charge in [0.2, 0.25) is 0 Å². The number of methoxy groups -OCH3 is 1. The van der Waals surface area contributed by atoms with E-state index in [2.05, 4.69) is 9.35 Å². The predicted octanol–water partition coefficient (Wildman–Crippen LogP) is 3.12. The third kappa shape index (κ3) is 4.36. The smallest absolute Gasteiger partial charge is 0.138 e. The first-order chi connectivity index (χ1) is 12.9. The van der Waals surface area contributed by atoms with E-state index >= 15 is 0 Å². The van der Waals surface area contributed by atoms with Crippen LogP contribution in [0, 0.1) is 0 Å². The van der Waals surface area contributed by atoms with Crippen molar-refractivity contribution in [1.82, 2.24) is 4.98 Å². The maximum Gasteiger partial charge on any atom is 0.138 e. The molecule has 2 aromatic carbocycles. The molecule has 3 N–H and O–H groups in total. The minimum atomic E-state index is -3.07. The van der Waals surface area contributed by atoms with Crippen LogP contribution in [0.1, 0.15) is 6.92 Å². The summed E-state index contributed by atoms with van der Waals surface area (Å²) in [5, 5.41) is 15.7. The highest BCUT2D eigenvalue weighted by atomic mass is 32.2. The van der Waals surface area contributed by atoms with Crippen molar-refractivity contribution in [1.29, 1.82) is 0 Å². The Hall–Kier alpha value is -2.68. The maximum atomic E-state index is 12.5. The summed E-state index contributed by atoms with van der Waals surface area (Å²) < 4.78 is 27.6. The van der Waals surface area contributed by atoms with Gasteiger partial charge in [-0.15, -0.1) is 0 Å². The summed E-state index contributed by atoms with van der Waals surface area (Å²) in [4.78, 5) is 4.70. The van der Waals surface area contributed by atoms with Crippen molar-refractivity contribution in [3.8, 4) is 17.2 Å². The zero-order valence-electron chi connectivity index (χ0n) is 15.0. The predicted molar refractivity (Wildman–Crippen MR) is 104 cm³/mol. The fourth-order valence-corrected chi connectivity index (χ4v) is 3.76. The van der Waals surface area contributed by atoms with E-state index in [0.29, 0.717) is 16.4 Å². The van der Waals surface area contributed by atoms with Gasteiger partial charge >= 0.3 is 0 Å². The number of nitrogens with two attached hydrogens (primary N) is 1. The lowest BCUT2D eigenvalue weighted by atomic mass is 10.2. The average Bonchev–Trinajstić information content (AvgIpc) is 2.67. The normalized spacial score (nSPS) is 14.4. The summed E-state index contributed by atoms with van der Waals surface area (Å²) in [6, 6.07) is 13.4. The van der Waals surface area contributed by atoms with Crippen molar-refractivity contribution in [3.05, 3.63) is 54.7 Å². The highest BCUT2D eigenvalue weighted by molar-refractivity contribution is 7.91. The van der Waals surface area contributed by atoms with Gasteiger partial charge in [0.25, 0.3) is 0 Å². The number of ether oxygens (including phenoxy) is 2. The van der Waals surface area contributed by atoms with E-state index in [-0.39, 0.29) is 6.61 Å². The van der Waals surface area contributed by atoms with Crippen molar-refractivity contribution < 1.29 is 18.8 Å². The Labute approximate surface area is 158 Å². The monoisotopic (exact) mass is 387 g/mol. The minimum absolute atomic E-state index is 0.213. The summed E-state index contributed by atoms with van der Waals surface area (Å²) in [7, 11) is -1.46. The summed E-state index contributed by atoms with van der Waals surface area (Å²) >= 11 is 0. The first kappa shape index (κ1) is 19.1. The SMILES string of the molecule is COc1ccc2c(Oc3ccc(S(N)(=O)=NC(C)CO)cc3)ccnc2c1. The van der Waals surface area contributed by atoms with Crippen LogP contribution in [-0.4, -0.2) is 34.1 Å². The molecule has 0 saturated carbocycles. The third-order valence-electron chi connectivity index (χ3n) is 3.90. The average molecular weight is 387 g/mol. The van der Waals surface area contributed by atoms with Crippen molar-refractivity contribution >= 4 is 20.8 Å². The van der Waals surface area contributed by atoms with Crippen LogP contribution in [0.25, 0.3) is 10.9 Å². The molecule has 2 atom stereocenters. The largest absolute Gasteiger partial charge is 0.497 e. The number of hydrogen-bond acceptors (Lipinski definition) is 6. The van der Waals surface area contributed by atoms with Crippen LogP contribution in [0.3, 0.4) is 0 Å². The Morgan fingerprint density at radius 1 is 1.19 bits per heavy atom. The molecular weight excluding hydrogens is 366 g/mol. The lowest BCUT2D eigenvalue weighted by molar-refractivity contribution is 0.275. The molecule has 0 fully saturated rings. The molecule has 3 rings (SSSR count). The molecule has 0 spiro atoms. The molecule has 142 valence electrons. The first-order valence-electron chi connectivity index (χ1n) is 8.28. The molecule has 0 amide bonds. The van der Waals surface area contributed by atoms with E-state index in [1.807, 2.05) is 18.2 Å². The number of pyridine rings is 1. The van der Waals surface area contributed by atoms with E-state index in [1.165, 1.54) is 0 Å². The van der Waals surface area contributed by atoms with Crippen LogP contribution in [-0.2, 0) is 9.92 Å². The molecule has 0 aliphatic rings. The topological polar surface area (TPSA) is 107 Å². The van der Waals surface area contributed by atoms with Gasteiger partial charge in [-0.2, -0.15) is 0 Å².